The van der Waals surface area contributed by atoms with Crippen molar-refractivity contribution in [1.29, 1.82) is 0 Å². The van der Waals surface area contributed by atoms with E-state index in [1.165, 1.54) is 5.56 Å². The molecule has 2 heterocycles. The Kier molecular flexibility index (Phi) is 5.40. The number of aryl methyl sites for hydroxylation is 2. The van der Waals surface area contributed by atoms with E-state index < -0.39 is 0 Å². The number of rotatable bonds is 6. The molecule has 2 aromatic heterocycles. The van der Waals surface area contributed by atoms with Crippen molar-refractivity contribution in [2.24, 2.45) is 0 Å². The number of aromatic nitrogens is 5. The summed E-state index contributed by atoms with van der Waals surface area (Å²) in [5, 5.41) is 16.0. The molecule has 0 amide bonds. The fraction of sp³-hybridized carbons (Fsp3) is 0.200. The Morgan fingerprint density at radius 3 is 2.86 bits per heavy atom. The average Bonchev–Trinajstić information content (AvgIpc) is 3.36. The van der Waals surface area contributed by atoms with E-state index in [0.29, 0.717) is 5.75 Å². The van der Waals surface area contributed by atoms with Crippen LogP contribution in [-0.4, -0.2) is 32.3 Å². The van der Waals surface area contributed by atoms with E-state index in [9.17, 15) is 0 Å². The second kappa shape index (κ2) is 8.12. The van der Waals surface area contributed by atoms with Gasteiger partial charge >= 0.3 is 0 Å². The number of tetrazole rings is 1. The molecule has 0 unspecified atom stereocenters. The molecule has 0 atom stereocenters. The van der Waals surface area contributed by atoms with Gasteiger partial charge < -0.3 is 4.74 Å². The maximum Gasteiger partial charge on any atom is 0.214 e. The fourth-order valence-corrected chi connectivity index (χ4v) is 4.56. The first-order valence-corrected chi connectivity index (χ1v) is 10.6. The molecule has 28 heavy (non-hydrogen) atoms. The highest BCUT2D eigenvalue weighted by Crippen LogP contribution is 2.30. The predicted octanol–water partition coefficient (Wildman–Crippen LogP) is 4.70. The van der Waals surface area contributed by atoms with Gasteiger partial charge in [-0.15, -0.1) is 16.4 Å². The standard InChI is InChI=1S/C20H19N5OS2/c1-13-7-8-18(14(2)9-13)25-20(22-23-24-25)28-12-16-11-27-19(21-16)15-5-4-6-17(10-15)26-3/h4-11H,12H2,1-3H3. The minimum absolute atomic E-state index is 0.700. The van der Waals surface area contributed by atoms with E-state index in [2.05, 4.69) is 53.0 Å². The molecule has 0 spiro atoms. The summed E-state index contributed by atoms with van der Waals surface area (Å²) in [5.74, 6) is 1.53. The van der Waals surface area contributed by atoms with Crippen LogP contribution in [0.2, 0.25) is 0 Å². The van der Waals surface area contributed by atoms with Crippen molar-refractivity contribution in [3.63, 3.8) is 0 Å². The van der Waals surface area contributed by atoms with Crippen LogP contribution < -0.4 is 4.74 Å². The normalized spacial score (nSPS) is 11.0. The first-order valence-electron chi connectivity index (χ1n) is 8.71. The highest BCUT2D eigenvalue weighted by atomic mass is 32.2. The molecular weight excluding hydrogens is 390 g/mol. The Morgan fingerprint density at radius 1 is 1.14 bits per heavy atom. The monoisotopic (exact) mass is 409 g/mol. The summed E-state index contributed by atoms with van der Waals surface area (Å²) in [7, 11) is 1.67. The maximum atomic E-state index is 5.30. The molecule has 4 rings (SSSR count). The molecule has 142 valence electrons. The number of methoxy groups -OCH3 is 1. The maximum absolute atomic E-state index is 5.30. The van der Waals surface area contributed by atoms with Crippen molar-refractivity contribution < 1.29 is 4.74 Å². The van der Waals surface area contributed by atoms with Crippen LogP contribution in [0.25, 0.3) is 16.3 Å². The molecule has 0 fully saturated rings. The molecule has 6 nitrogen and oxygen atoms in total. The molecule has 0 aliphatic heterocycles. The number of benzene rings is 2. The summed E-state index contributed by atoms with van der Waals surface area (Å²) in [5.41, 5.74) is 5.41. The smallest absolute Gasteiger partial charge is 0.214 e. The number of thioether (sulfide) groups is 1. The zero-order chi connectivity index (χ0) is 19.5. The lowest BCUT2D eigenvalue weighted by Crippen LogP contribution is -2.02. The van der Waals surface area contributed by atoms with Crippen LogP contribution in [0.1, 0.15) is 16.8 Å². The van der Waals surface area contributed by atoms with Crippen molar-refractivity contribution >= 4 is 23.1 Å². The third-order valence-electron chi connectivity index (χ3n) is 4.24. The SMILES string of the molecule is COc1cccc(-c2nc(CSc3nnnn3-c3ccc(C)cc3C)cs2)c1. The Hall–Kier alpha value is -2.71. The van der Waals surface area contributed by atoms with Crippen molar-refractivity contribution in [3.05, 3.63) is 64.7 Å². The zero-order valence-corrected chi connectivity index (χ0v) is 17.4. The first kappa shape index (κ1) is 18.6. The lowest BCUT2D eigenvalue weighted by molar-refractivity contribution is 0.415. The van der Waals surface area contributed by atoms with E-state index in [-0.39, 0.29) is 0 Å². The van der Waals surface area contributed by atoms with Gasteiger partial charge in [0.1, 0.15) is 10.8 Å². The Balaban J connectivity index is 1.50. The summed E-state index contributed by atoms with van der Waals surface area (Å²) in [4.78, 5) is 4.75. The number of hydrogen-bond donors (Lipinski definition) is 0. The molecule has 4 aromatic rings. The molecule has 2 aromatic carbocycles. The molecule has 8 heteroatoms. The largest absolute Gasteiger partial charge is 0.497 e. The van der Waals surface area contributed by atoms with Crippen molar-refractivity contribution in [2.45, 2.75) is 24.8 Å². The van der Waals surface area contributed by atoms with E-state index in [4.69, 9.17) is 9.72 Å². The predicted molar refractivity (Wildman–Crippen MR) is 112 cm³/mol. The van der Waals surface area contributed by atoms with Gasteiger partial charge in [0, 0.05) is 16.7 Å². The lowest BCUT2D eigenvalue weighted by Gasteiger charge is -2.07. The molecule has 0 saturated heterocycles. The second-order valence-corrected chi connectivity index (χ2v) is 8.13. The van der Waals surface area contributed by atoms with Crippen molar-refractivity contribution in [1.82, 2.24) is 25.2 Å². The van der Waals surface area contributed by atoms with Crippen LogP contribution in [0.15, 0.2) is 53.0 Å². The third kappa shape index (κ3) is 3.93. The van der Waals surface area contributed by atoms with Crippen LogP contribution in [0.3, 0.4) is 0 Å². The number of thiazole rings is 1. The first-order chi connectivity index (χ1) is 13.6. The number of ether oxygens (including phenoxy) is 1. The number of nitrogens with zero attached hydrogens (tertiary/aromatic N) is 5. The van der Waals surface area contributed by atoms with E-state index in [1.807, 2.05) is 24.3 Å². The second-order valence-electron chi connectivity index (χ2n) is 6.33. The van der Waals surface area contributed by atoms with E-state index >= 15 is 0 Å². The Morgan fingerprint density at radius 2 is 2.04 bits per heavy atom. The molecule has 0 N–H and O–H groups in total. The molecule has 0 radical (unpaired) electrons. The highest BCUT2D eigenvalue weighted by molar-refractivity contribution is 7.98. The van der Waals surface area contributed by atoms with Gasteiger partial charge in [-0.05, 0) is 48.0 Å². The summed E-state index contributed by atoms with van der Waals surface area (Å²) < 4.78 is 7.09. The average molecular weight is 410 g/mol. The number of hydrogen-bond acceptors (Lipinski definition) is 7. The van der Waals surface area contributed by atoms with Crippen LogP contribution in [-0.2, 0) is 5.75 Å². The van der Waals surface area contributed by atoms with Crippen molar-refractivity contribution in [3.8, 4) is 22.0 Å². The van der Waals surface area contributed by atoms with Gasteiger partial charge in [-0.3, -0.25) is 0 Å². The minimum Gasteiger partial charge on any atom is -0.497 e. The quantitative estimate of drug-likeness (QED) is 0.430. The Labute approximate surface area is 171 Å². The van der Waals surface area contributed by atoms with Gasteiger partial charge in [-0.1, -0.05) is 41.6 Å². The van der Waals surface area contributed by atoms with Crippen molar-refractivity contribution in [2.75, 3.05) is 7.11 Å². The minimum atomic E-state index is 0.700. The third-order valence-corrected chi connectivity index (χ3v) is 6.13. The Bertz CT molecular complexity index is 1110. The van der Waals surface area contributed by atoms with Crippen LogP contribution in [0.5, 0.6) is 5.75 Å². The van der Waals surface area contributed by atoms with E-state index in [0.717, 1.165) is 38.4 Å². The molecule has 0 aliphatic carbocycles. The lowest BCUT2D eigenvalue weighted by atomic mass is 10.1. The van der Waals surface area contributed by atoms with Gasteiger partial charge in [0.15, 0.2) is 0 Å². The summed E-state index contributed by atoms with van der Waals surface area (Å²) in [6.45, 7) is 4.15. The summed E-state index contributed by atoms with van der Waals surface area (Å²) in [6.07, 6.45) is 0. The van der Waals surface area contributed by atoms with Crippen LogP contribution >= 0.6 is 23.1 Å². The van der Waals surface area contributed by atoms with Crippen LogP contribution in [0.4, 0.5) is 0 Å². The molecule has 0 saturated carbocycles. The van der Waals surface area contributed by atoms with E-state index in [1.54, 1.807) is 34.9 Å². The molecule has 0 bridgehead atoms. The van der Waals surface area contributed by atoms with Gasteiger partial charge in [0.25, 0.3) is 0 Å². The molecule has 0 aliphatic rings. The van der Waals surface area contributed by atoms with Crippen LogP contribution in [0, 0.1) is 13.8 Å². The highest BCUT2D eigenvalue weighted by Gasteiger charge is 2.13. The fourth-order valence-electron chi connectivity index (χ4n) is 2.86. The molecular formula is C20H19N5OS2. The van der Waals surface area contributed by atoms with Gasteiger partial charge in [0.05, 0.1) is 18.5 Å². The topological polar surface area (TPSA) is 65.7 Å². The summed E-state index contributed by atoms with van der Waals surface area (Å²) in [6, 6.07) is 14.2. The zero-order valence-electron chi connectivity index (χ0n) is 15.8. The van der Waals surface area contributed by atoms with Gasteiger partial charge in [-0.2, -0.15) is 4.68 Å². The van der Waals surface area contributed by atoms with Gasteiger partial charge in [-0.25, -0.2) is 4.98 Å². The summed E-state index contributed by atoms with van der Waals surface area (Å²) >= 11 is 3.20. The van der Waals surface area contributed by atoms with Gasteiger partial charge in [0.2, 0.25) is 5.16 Å².